The molecule has 192 valence electrons. The first-order chi connectivity index (χ1) is 18.1. The van der Waals surface area contributed by atoms with Crippen molar-refractivity contribution in [2.75, 3.05) is 25.0 Å². The van der Waals surface area contributed by atoms with Crippen LogP contribution in [0.15, 0.2) is 54.7 Å². The van der Waals surface area contributed by atoms with Gasteiger partial charge in [0.15, 0.2) is 0 Å². The lowest BCUT2D eigenvalue weighted by Crippen LogP contribution is -2.46. The quantitative estimate of drug-likeness (QED) is 0.449. The number of hydrogen-bond acceptors (Lipinski definition) is 5. The Hall–Kier alpha value is -3.74. The number of likely N-dealkylation sites (N-methyl/N-ethyl adjacent to an activating group) is 1. The first-order valence-corrected chi connectivity index (χ1v) is 13.3. The van der Waals surface area contributed by atoms with E-state index in [4.69, 9.17) is 0 Å². The van der Waals surface area contributed by atoms with Crippen LogP contribution in [0.2, 0.25) is 0 Å². The molecule has 3 aromatic rings. The molecule has 7 heteroatoms. The number of nitrogens with one attached hydrogen (secondary N) is 1. The standard InChI is InChI=1S/C30H34N4O3/c1-31-29(36)28(10-5-19-35)34-20-25-22(6-4-8-23(25)30(34)37)12-11-21-14-17-33(18-15-21)27-13-16-32-26-9-3-2-7-24(26)27/h2-4,6-9,13,16,19,21,28H,5,10-12,14-15,17-18,20H2,1H3,(H,31,36). The van der Waals surface area contributed by atoms with Crippen LogP contribution in [-0.4, -0.2) is 54.2 Å². The van der Waals surface area contributed by atoms with E-state index in [2.05, 4.69) is 45.5 Å². The summed E-state index contributed by atoms with van der Waals surface area (Å²) >= 11 is 0. The molecule has 2 aromatic carbocycles. The first-order valence-electron chi connectivity index (χ1n) is 13.3. The highest BCUT2D eigenvalue weighted by Crippen LogP contribution is 2.33. The Morgan fingerprint density at radius 1 is 1.14 bits per heavy atom. The monoisotopic (exact) mass is 498 g/mol. The van der Waals surface area contributed by atoms with Gasteiger partial charge in [-0.25, -0.2) is 0 Å². The van der Waals surface area contributed by atoms with Crippen LogP contribution in [0.1, 0.15) is 53.6 Å². The van der Waals surface area contributed by atoms with Gasteiger partial charge in [0.25, 0.3) is 5.91 Å². The molecule has 0 radical (unpaired) electrons. The highest BCUT2D eigenvalue weighted by molar-refractivity contribution is 6.01. The number of para-hydroxylation sites is 1. The van der Waals surface area contributed by atoms with Crippen LogP contribution in [0.25, 0.3) is 10.9 Å². The van der Waals surface area contributed by atoms with Crippen LogP contribution in [0.4, 0.5) is 5.69 Å². The smallest absolute Gasteiger partial charge is 0.255 e. The lowest BCUT2D eigenvalue weighted by atomic mass is 9.88. The number of anilines is 1. The number of rotatable bonds is 9. The zero-order valence-electron chi connectivity index (χ0n) is 21.4. The number of nitrogens with zero attached hydrogens (tertiary/aromatic N) is 3. The summed E-state index contributed by atoms with van der Waals surface area (Å²) in [5.74, 6) is 0.298. The SMILES string of the molecule is CNC(=O)C(CCC=O)N1Cc2c(CCC3CCN(c4ccnc5ccccc45)CC3)cccc2C1=O. The summed E-state index contributed by atoms with van der Waals surface area (Å²) in [6.45, 7) is 2.49. The molecule has 2 aliphatic rings. The van der Waals surface area contributed by atoms with Crippen molar-refractivity contribution in [3.63, 3.8) is 0 Å². The number of aldehydes is 1. The van der Waals surface area contributed by atoms with Crippen molar-refractivity contribution in [3.05, 3.63) is 71.4 Å². The van der Waals surface area contributed by atoms with E-state index in [0.29, 0.717) is 24.4 Å². The van der Waals surface area contributed by atoms with Gasteiger partial charge in [0.2, 0.25) is 5.91 Å². The molecule has 3 heterocycles. The van der Waals surface area contributed by atoms with Crippen LogP contribution < -0.4 is 10.2 Å². The van der Waals surface area contributed by atoms with E-state index in [1.54, 1.807) is 11.9 Å². The van der Waals surface area contributed by atoms with Gasteiger partial charge < -0.3 is 19.9 Å². The predicted molar refractivity (Wildman–Crippen MR) is 144 cm³/mol. The number of piperidine rings is 1. The minimum absolute atomic E-state index is 0.116. The molecule has 0 saturated carbocycles. The lowest BCUT2D eigenvalue weighted by Gasteiger charge is -2.34. The zero-order chi connectivity index (χ0) is 25.8. The molecule has 37 heavy (non-hydrogen) atoms. The maximum Gasteiger partial charge on any atom is 0.255 e. The number of carbonyl (C=O) groups is 3. The summed E-state index contributed by atoms with van der Waals surface area (Å²) in [6.07, 6.45) is 7.58. The van der Waals surface area contributed by atoms with E-state index < -0.39 is 6.04 Å². The predicted octanol–water partition coefficient (Wildman–Crippen LogP) is 4.13. The minimum Gasteiger partial charge on any atom is -0.371 e. The Labute approximate surface area is 217 Å². The van der Waals surface area contributed by atoms with Gasteiger partial charge in [-0.15, -0.1) is 0 Å². The van der Waals surface area contributed by atoms with E-state index in [9.17, 15) is 14.4 Å². The number of fused-ring (bicyclic) bond motifs is 2. The molecule has 2 aliphatic heterocycles. The van der Waals surface area contributed by atoms with Crippen molar-refractivity contribution in [3.8, 4) is 0 Å². The Morgan fingerprint density at radius 2 is 1.95 bits per heavy atom. The molecule has 0 spiro atoms. The van der Waals surface area contributed by atoms with E-state index in [0.717, 1.165) is 56.1 Å². The molecule has 5 rings (SSSR count). The summed E-state index contributed by atoms with van der Waals surface area (Å²) in [6, 6.07) is 15.7. The molecule has 7 nitrogen and oxygen atoms in total. The fraction of sp³-hybridized carbons (Fsp3) is 0.400. The fourth-order valence-electron chi connectivity index (χ4n) is 5.90. The maximum atomic E-state index is 13.2. The summed E-state index contributed by atoms with van der Waals surface area (Å²) < 4.78 is 0. The van der Waals surface area contributed by atoms with Crippen molar-refractivity contribution in [1.82, 2.24) is 15.2 Å². The summed E-state index contributed by atoms with van der Waals surface area (Å²) in [5, 5.41) is 3.86. The number of benzene rings is 2. The molecule has 2 amide bonds. The van der Waals surface area contributed by atoms with E-state index >= 15 is 0 Å². The Kier molecular flexibility index (Phi) is 7.49. The average Bonchev–Trinajstić information content (AvgIpc) is 3.28. The van der Waals surface area contributed by atoms with E-state index in [1.165, 1.54) is 16.6 Å². The minimum atomic E-state index is -0.628. The second kappa shape index (κ2) is 11.1. The molecule has 0 aliphatic carbocycles. The normalized spacial score (nSPS) is 16.6. The van der Waals surface area contributed by atoms with Gasteiger partial charge in [0, 0.05) is 55.9 Å². The third-order valence-corrected chi connectivity index (χ3v) is 7.98. The van der Waals surface area contributed by atoms with Crippen molar-refractivity contribution in [2.45, 2.75) is 51.1 Å². The number of aromatic nitrogens is 1. The van der Waals surface area contributed by atoms with Crippen LogP contribution in [0.3, 0.4) is 0 Å². The van der Waals surface area contributed by atoms with Gasteiger partial charge in [-0.05, 0) is 67.3 Å². The van der Waals surface area contributed by atoms with Gasteiger partial charge in [0.1, 0.15) is 12.3 Å². The number of pyridine rings is 1. The Balaban J connectivity index is 1.22. The van der Waals surface area contributed by atoms with Crippen LogP contribution in [0, 0.1) is 5.92 Å². The number of carbonyl (C=O) groups excluding carboxylic acids is 3. The fourth-order valence-corrected chi connectivity index (χ4v) is 5.90. The molecule has 1 unspecified atom stereocenters. The van der Waals surface area contributed by atoms with Crippen LogP contribution >= 0.6 is 0 Å². The second-order valence-electron chi connectivity index (χ2n) is 10.1. The van der Waals surface area contributed by atoms with Crippen LogP contribution in [0.5, 0.6) is 0 Å². The maximum absolute atomic E-state index is 13.2. The molecule has 0 bridgehead atoms. The lowest BCUT2D eigenvalue weighted by molar-refractivity contribution is -0.125. The summed E-state index contributed by atoms with van der Waals surface area (Å²) in [7, 11) is 1.57. The van der Waals surface area contributed by atoms with Crippen LogP contribution in [-0.2, 0) is 22.6 Å². The molecular formula is C30H34N4O3. The number of aryl methyl sites for hydroxylation is 1. The third-order valence-electron chi connectivity index (χ3n) is 7.98. The highest BCUT2D eigenvalue weighted by Gasteiger charge is 2.36. The summed E-state index contributed by atoms with van der Waals surface area (Å²) in [5.41, 5.74) is 5.23. The Bertz CT molecular complexity index is 1290. The third kappa shape index (κ3) is 5.08. The van der Waals surface area contributed by atoms with Crippen molar-refractivity contribution < 1.29 is 14.4 Å². The first kappa shape index (κ1) is 24.9. The molecule has 1 atom stereocenters. The highest BCUT2D eigenvalue weighted by atomic mass is 16.2. The molecule has 1 fully saturated rings. The van der Waals surface area contributed by atoms with Gasteiger partial charge in [-0.1, -0.05) is 30.3 Å². The summed E-state index contributed by atoms with van der Waals surface area (Å²) in [4.78, 5) is 45.2. The Morgan fingerprint density at radius 3 is 2.73 bits per heavy atom. The average molecular weight is 499 g/mol. The number of hydrogen-bond donors (Lipinski definition) is 1. The number of amides is 2. The van der Waals surface area contributed by atoms with Gasteiger partial charge in [-0.3, -0.25) is 14.6 Å². The molecule has 1 N–H and O–H groups in total. The largest absolute Gasteiger partial charge is 0.371 e. The van der Waals surface area contributed by atoms with Crippen molar-refractivity contribution >= 4 is 34.7 Å². The molecular weight excluding hydrogens is 464 g/mol. The van der Waals surface area contributed by atoms with Gasteiger partial charge in [0.05, 0.1) is 5.52 Å². The molecule has 1 aromatic heterocycles. The molecule has 1 saturated heterocycles. The topological polar surface area (TPSA) is 82.6 Å². The van der Waals surface area contributed by atoms with E-state index in [-0.39, 0.29) is 18.2 Å². The zero-order valence-corrected chi connectivity index (χ0v) is 21.4. The second-order valence-corrected chi connectivity index (χ2v) is 10.1. The van der Waals surface area contributed by atoms with Gasteiger partial charge in [-0.2, -0.15) is 0 Å². The van der Waals surface area contributed by atoms with Crippen molar-refractivity contribution in [2.24, 2.45) is 5.92 Å². The van der Waals surface area contributed by atoms with E-state index in [1.807, 2.05) is 24.4 Å². The van der Waals surface area contributed by atoms with Crippen molar-refractivity contribution in [1.29, 1.82) is 0 Å². The van der Waals surface area contributed by atoms with Gasteiger partial charge >= 0.3 is 0 Å².